The monoisotopic (exact) mass is 550 g/mol. The lowest BCUT2D eigenvalue weighted by molar-refractivity contribution is -0.138. The van der Waals surface area contributed by atoms with Crippen LogP contribution in [-0.4, -0.2) is 54.2 Å². The summed E-state index contributed by atoms with van der Waals surface area (Å²) in [6.07, 6.45) is 0.287. The Balaban J connectivity index is 1.49. The fourth-order valence-electron chi connectivity index (χ4n) is 4.45. The highest BCUT2D eigenvalue weighted by atomic mass is 19.4. The molecular weight excluding hydrogens is 520 g/mol. The molecule has 1 aromatic carbocycles. The number of hydrogen-bond donors (Lipinski definition) is 2. The number of amides is 2. The molecular formula is C25H30F4N8O2. The number of tetrazole rings is 1. The Kier molecular flexibility index (Phi) is 8.51. The number of carbonyl (C=O) groups is 1. The molecule has 0 saturated heterocycles. The van der Waals surface area contributed by atoms with Crippen molar-refractivity contribution in [3.63, 3.8) is 0 Å². The van der Waals surface area contributed by atoms with Crippen LogP contribution in [0.15, 0.2) is 29.1 Å². The third-order valence-corrected chi connectivity index (χ3v) is 6.34. The molecule has 0 spiro atoms. The van der Waals surface area contributed by atoms with Crippen LogP contribution in [0.25, 0.3) is 5.70 Å². The number of aromatic nitrogens is 6. The van der Waals surface area contributed by atoms with E-state index in [2.05, 4.69) is 25.4 Å². The number of unbranched alkanes of at least 4 members (excludes halogenated alkanes) is 2. The van der Waals surface area contributed by atoms with E-state index in [9.17, 15) is 27.2 Å². The van der Waals surface area contributed by atoms with Gasteiger partial charge in [-0.2, -0.15) is 18.0 Å². The lowest BCUT2D eigenvalue weighted by atomic mass is 10.0. The molecule has 0 radical (unpaired) electrons. The van der Waals surface area contributed by atoms with Gasteiger partial charge in [-0.25, -0.2) is 14.0 Å². The number of allylic oxidation sites excluding steroid dienone is 1. The van der Waals surface area contributed by atoms with Crippen molar-refractivity contribution in [1.82, 2.24) is 35.1 Å². The summed E-state index contributed by atoms with van der Waals surface area (Å²) in [6, 6.07) is 2.52. The van der Waals surface area contributed by atoms with Gasteiger partial charge in [0.05, 0.1) is 17.8 Å². The quantitative estimate of drug-likeness (QED) is 0.336. The molecule has 1 aliphatic heterocycles. The number of nitrogens with zero attached hydrogens (tertiary/aromatic N) is 6. The first-order chi connectivity index (χ1) is 18.6. The van der Waals surface area contributed by atoms with Crippen LogP contribution in [0.2, 0.25) is 0 Å². The molecule has 0 unspecified atom stereocenters. The number of fused-ring (bicyclic) bond motifs is 1. The van der Waals surface area contributed by atoms with Crippen molar-refractivity contribution in [2.24, 2.45) is 0 Å². The number of halogens is 4. The molecule has 39 heavy (non-hydrogen) atoms. The predicted octanol–water partition coefficient (Wildman–Crippen LogP) is 4.71. The molecule has 0 bridgehead atoms. The van der Waals surface area contributed by atoms with E-state index in [0.717, 1.165) is 37.5 Å². The first-order valence-corrected chi connectivity index (χ1v) is 12.9. The summed E-state index contributed by atoms with van der Waals surface area (Å²) in [5.74, 6) is -0.597. The third kappa shape index (κ3) is 6.20. The number of rotatable bonds is 11. The van der Waals surface area contributed by atoms with Crippen LogP contribution in [0.1, 0.15) is 68.6 Å². The van der Waals surface area contributed by atoms with E-state index in [1.54, 1.807) is 9.80 Å². The Hall–Kier alpha value is -3.97. The summed E-state index contributed by atoms with van der Waals surface area (Å²) in [5, 5.41) is 11.8. The van der Waals surface area contributed by atoms with E-state index in [0.29, 0.717) is 36.6 Å². The Bertz CT molecular complexity index is 1390. The van der Waals surface area contributed by atoms with Crippen molar-refractivity contribution < 1.29 is 22.4 Å². The van der Waals surface area contributed by atoms with Crippen LogP contribution in [0.3, 0.4) is 0 Å². The van der Waals surface area contributed by atoms with Gasteiger partial charge in [-0.3, -0.25) is 14.8 Å². The van der Waals surface area contributed by atoms with Crippen molar-refractivity contribution in [3.8, 4) is 0 Å². The third-order valence-electron chi connectivity index (χ3n) is 6.34. The smallest absolute Gasteiger partial charge is 0.303 e. The zero-order valence-corrected chi connectivity index (χ0v) is 21.7. The minimum Gasteiger partial charge on any atom is -0.303 e. The van der Waals surface area contributed by atoms with E-state index in [1.165, 1.54) is 4.80 Å². The maximum atomic E-state index is 14.2. The van der Waals surface area contributed by atoms with Crippen LogP contribution in [0, 0.1) is 5.82 Å². The van der Waals surface area contributed by atoms with Crippen LogP contribution in [0.4, 0.5) is 28.2 Å². The second-order valence-corrected chi connectivity index (χ2v) is 9.22. The molecule has 3 heterocycles. The molecule has 2 amide bonds. The maximum Gasteiger partial charge on any atom is 0.416 e. The number of alkyl halides is 3. The van der Waals surface area contributed by atoms with E-state index < -0.39 is 35.2 Å². The number of nitrogens with one attached hydrogen (secondary N) is 2. The van der Waals surface area contributed by atoms with Crippen LogP contribution in [0.5, 0.6) is 0 Å². The van der Waals surface area contributed by atoms with Gasteiger partial charge in [0.2, 0.25) is 0 Å². The van der Waals surface area contributed by atoms with Gasteiger partial charge in [0.15, 0.2) is 5.82 Å². The SMILES string of the molecule is CCCC=C1c2[nH]c(=O)[nH]c2N(CCCC)C(=O)N1CCCn1nnc(Cc2c(F)cccc2C(F)(F)F)n1. The average Bonchev–Trinajstić information content (AvgIpc) is 3.49. The summed E-state index contributed by atoms with van der Waals surface area (Å²) in [7, 11) is 0. The summed E-state index contributed by atoms with van der Waals surface area (Å²) in [4.78, 5) is 35.5. The molecule has 0 saturated carbocycles. The number of aromatic amines is 2. The molecule has 210 valence electrons. The lowest BCUT2D eigenvalue weighted by Gasteiger charge is -2.36. The van der Waals surface area contributed by atoms with Crippen molar-refractivity contribution >= 4 is 17.5 Å². The van der Waals surface area contributed by atoms with E-state index in [-0.39, 0.29) is 24.9 Å². The maximum absolute atomic E-state index is 14.2. The molecule has 4 rings (SSSR count). The molecule has 10 nitrogen and oxygen atoms in total. The van der Waals surface area contributed by atoms with E-state index >= 15 is 0 Å². The van der Waals surface area contributed by atoms with Gasteiger partial charge in [-0.15, -0.1) is 10.2 Å². The normalized spacial score (nSPS) is 14.9. The highest BCUT2D eigenvalue weighted by molar-refractivity contribution is 6.02. The van der Waals surface area contributed by atoms with Gasteiger partial charge < -0.3 is 4.98 Å². The molecule has 2 aromatic heterocycles. The molecule has 0 fully saturated rings. The van der Waals surface area contributed by atoms with Crippen LogP contribution >= 0.6 is 0 Å². The molecule has 3 aromatic rings. The summed E-state index contributed by atoms with van der Waals surface area (Å²) < 4.78 is 54.2. The number of aryl methyl sites for hydroxylation is 1. The van der Waals surface area contributed by atoms with Gasteiger partial charge in [-0.1, -0.05) is 38.8 Å². The average molecular weight is 551 g/mol. The number of carbonyl (C=O) groups excluding carboxylic acids is 1. The summed E-state index contributed by atoms with van der Waals surface area (Å²) >= 11 is 0. The predicted molar refractivity (Wildman–Crippen MR) is 135 cm³/mol. The summed E-state index contributed by atoms with van der Waals surface area (Å²) in [6.45, 7) is 4.94. The fraction of sp³-hybridized carbons (Fsp3) is 0.480. The minimum absolute atomic E-state index is 0.0524. The standard InChI is InChI=1S/C25H30F4N8O2/c1-3-5-11-19-21-22(31-23(38)30-21)36(12-6-4-2)24(39)35(19)13-8-14-37-33-20(32-34-37)15-16-17(25(27,28)29)9-7-10-18(16)26/h7,9-11H,3-6,8,12-15H2,1-2H3,(H2,30,31,38). The zero-order chi connectivity index (χ0) is 28.2. The highest BCUT2D eigenvalue weighted by Crippen LogP contribution is 2.35. The first-order valence-electron chi connectivity index (χ1n) is 12.9. The van der Waals surface area contributed by atoms with Gasteiger partial charge in [-0.05, 0) is 36.6 Å². The van der Waals surface area contributed by atoms with Gasteiger partial charge >= 0.3 is 17.9 Å². The minimum atomic E-state index is -4.72. The number of imidazole rings is 1. The van der Waals surface area contributed by atoms with Gasteiger partial charge in [0, 0.05) is 25.1 Å². The van der Waals surface area contributed by atoms with Crippen molar-refractivity contribution in [2.75, 3.05) is 18.0 Å². The second kappa shape index (κ2) is 11.8. The second-order valence-electron chi connectivity index (χ2n) is 9.22. The zero-order valence-electron chi connectivity index (χ0n) is 21.7. The lowest BCUT2D eigenvalue weighted by Crippen LogP contribution is -2.47. The first kappa shape index (κ1) is 28.0. The largest absolute Gasteiger partial charge is 0.416 e. The van der Waals surface area contributed by atoms with E-state index in [1.807, 2.05) is 19.9 Å². The Morgan fingerprint density at radius 1 is 1.00 bits per heavy atom. The van der Waals surface area contributed by atoms with Crippen molar-refractivity contribution in [1.29, 1.82) is 0 Å². The van der Waals surface area contributed by atoms with E-state index in [4.69, 9.17) is 0 Å². The van der Waals surface area contributed by atoms with Gasteiger partial charge in [0.25, 0.3) is 0 Å². The summed E-state index contributed by atoms with van der Waals surface area (Å²) in [5.41, 5.74) is -0.868. The Morgan fingerprint density at radius 3 is 2.49 bits per heavy atom. The number of benzene rings is 1. The Labute approximate surface area is 221 Å². The van der Waals surface area contributed by atoms with Gasteiger partial charge in [0.1, 0.15) is 17.3 Å². The number of urea groups is 1. The van der Waals surface area contributed by atoms with Crippen LogP contribution in [-0.2, 0) is 19.1 Å². The highest BCUT2D eigenvalue weighted by Gasteiger charge is 2.36. The van der Waals surface area contributed by atoms with Crippen molar-refractivity contribution in [2.45, 2.75) is 65.1 Å². The molecule has 0 atom stereocenters. The van der Waals surface area contributed by atoms with Crippen molar-refractivity contribution in [3.05, 3.63) is 63.2 Å². The topological polar surface area (TPSA) is 116 Å². The molecule has 2 N–H and O–H groups in total. The molecule has 1 aliphatic rings. The molecule has 14 heteroatoms. The number of anilines is 1. The number of H-pyrrole nitrogens is 2. The Morgan fingerprint density at radius 2 is 1.77 bits per heavy atom. The van der Waals surface area contributed by atoms with Crippen LogP contribution < -0.4 is 10.6 Å². The number of hydrogen-bond acceptors (Lipinski definition) is 5. The molecule has 0 aliphatic carbocycles. The fourth-order valence-corrected chi connectivity index (χ4v) is 4.45.